The molecule has 1 aromatic rings. The predicted molar refractivity (Wildman–Crippen MR) is 71.8 cm³/mol. The molecule has 0 spiro atoms. The van der Waals surface area contributed by atoms with Crippen molar-refractivity contribution in [2.24, 2.45) is 5.92 Å². The van der Waals surface area contributed by atoms with E-state index in [4.69, 9.17) is 0 Å². The number of rotatable bonds is 7. The van der Waals surface area contributed by atoms with Gasteiger partial charge in [0.15, 0.2) is 0 Å². The summed E-state index contributed by atoms with van der Waals surface area (Å²) in [6.45, 7) is 9.04. The molecule has 0 bridgehead atoms. The van der Waals surface area contributed by atoms with Crippen molar-refractivity contribution >= 4 is 11.3 Å². The van der Waals surface area contributed by atoms with Crippen molar-refractivity contribution in [2.75, 3.05) is 0 Å². The Labute approximate surface area is 103 Å². The molecule has 0 aliphatic carbocycles. The average Bonchev–Trinajstić information content (AvgIpc) is 2.69. The van der Waals surface area contributed by atoms with E-state index < -0.39 is 0 Å². The zero-order valence-electron chi connectivity index (χ0n) is 10.9. The SMILES string of the molecule is CC(C)CCCC(C)NC(C)c1nccs1. The zero-order chi connectivity index (χ0) is 12.0. The van der Waals surface area contributed by atoms with Crippen molar-refractivity contribution in [1.29, 1.82) is 0 Å². The molecular weight excluding hydrogens is 216 g/mol. The molecule has 0 saturated heterocycles. The number of hydrogen-bond acceptors (Lipinski definition) is 3. The standard InChI is InChI=1S/C13H24N2S/c1-10(2)6-5-7-11(3)15-12(4)13-14-8-9-16-13/h8-12,15H,5-7H2,1-4H3. The smallest absolute Gasteiger partial charge is 0.109 e. The number of aromatic nitrogens is 1. The summed E-state index contributed by atoms with van der Waals surface area (Å²) in [6.07, 6.45) is 5.78. The molecule has 0 fully saturated rings. The Bertz CT molecular complexity index is 269. The van der Waals surface area contributed by atoms with Gasteiger partial charge in [0.2, 0.25) is 0 Å². The minimum absolute atomic E-state index is 0.383. The molecule has 0 aliphatic heterocycles. The summed E-state index contributed by atoms with van der Waals surface area (Å²) in [5.41, 5.74) is 0. The molecule has 1 N–H and O–H groups in total. The summed E-state index contributed by atoms with van der Waals surface area (Å²) < 4.78 is 0. The summed E-state index contributed by atoms with van der Waals surface area (Å²) in [7, 11) is 0. The first-order valence-corrected chi connectivity index (χ1v) is 7.13. The van der Waals surface area contributed by atoms with E-state index in [1.165, 1.54) is 24.3 Å². The number of nitrogens with one attached hydrogen (secondary N) is 1. The fraction of sp³-hybridized carbons (Fsp3) is 0.769. The fourth-order valence-corrected chi connectivity index (χ4v) is 2.52. The van der Waals surface area contributed by atoms with Crippen LogP contribution in [0.5, 0.6) is 0 Å². The molecule has 2 nitrogen and oxygen atoms in total. The number of thiazole rings is 1. The normalized spacial score (nSPS) is 15.3. The second kappa shape index (κ2) is 7.02. The molecule has 1 rings (SSSR count). The van der Waals surface area contributed by atoms with Crippen LogP contribution in [-0.2, 0) is 0 Å². The Hall–Kier alpha value is -0.410. The van der Waals surface area contributed by atoms with Crippen LogP contribution in [0.1, 0.15) is 58.0 Å². The lowest BCUT2D eigenvalue weighted by Gasteiger charge is -2.18. The van der Waals surface area contributed by atoms with Gasteiger partial charge in [-0.1, -0.05) is 26.7 Å². The largest absolute Gasteiger partial charge is 0.306 e. The predicted octanol–water partition coefficient (Wildman–Crippen LogP) is 4.01. The lowest BCUT2D eigenvalue weighted by molar-refractivity contribution is 0.423. The lowest BCUT2D eigenvalue weighted by Crippen LogP contribution is -2.28. The maximum Gasteiger partial charge on any atom is 0.109 e. The van der Waals surface area contributed by atoms with E-state index >= 15 is 0 Å². The summed E-state index contributed by atoms with van der Waals surface area (Å²) in [5.74, 6) is 0.823. The van der Waals surface area contributed by atoms with E-state index in [9.17, 15) is 0 Å². The van der Waals surface area contributed by atoms with Gasteiger partial charge >= 0.3 is 0 Å². The van der Waals surface area contributed by atoms with Gasteiger partial charge in [0.1, 0.15) is 5.01 Å². The van der Waals surface area contributed by atoms with Gasteiger partial charge in [-0.25, -0.2) is 4.98 Å². The summed E-state index contributed by atoms with van der Waals surface area (Å²) in [4.78, 5) is 4.33. The van der Waals surface area contributed by atoms with Crippen LogP contribution in [-0.4, -0.2) is 11.0 Å². The van der Waals surface area contributed by atoms with Gasteiger partial charge in [0, 0.05) is 17.6 Å². The summed E-state index contributed by atoms with van der Waals surface area (Å²) in [5, 5.41) is 6.83. The molecule has 2 unspecified atom stereocenters. The van der Waals surface area contributed by atoms with Crippen molar-refractivity contribution in [3.8, 4) is 0 Å². The monoisotopic (exact) mass is 240 g/mol. The number of nitrogens with zero attached hydrogens (tertiary/aromatic N) is 1. The Kier molecular flexibility index (Phi) is 5.99. The van der Waals surface area contributed by atoms with Crippen LogP contribution in [0.3, 0.4) is 0 Å². The van der Waals surface area contributed by atoms with Crippen LogP contribution in [0.2, 0.25) is 0 Å². The molecule has 0 saturated carbocycles. The third kappa shape index (κ3) is 5.08. The lowest BCUT2D eigenvalue weighted by atomic mass is 10.0. The highest BCUT2D eigenvalue weighted by molar-refractivity contribution is 7.09. The van der Waals surface area contributed by atoms with Gasteiger partial charge in [0.25, 0.3) is 0 Å². The minimum Gasteiger partial charge on any atom is -0.306 e. The van der Waals surface area contributed by atoms with Crippen LogP contribution >= 0.6 is 11.3 Å². The van der Waals surface area contributed by atoms with Crippen LogP contribution in [0.4, 0.5) is 0 Å². The Balaban J connectivity index is 2.21. The van der Waals surface area contributed by atoms with Gasteiger partial charge in [-0.2, -0.15) is 0 Å². The maximum absolute atomic E-state index is 4.33. The van der Waals surface area contributed by atoms with Crippen LogP contribution in [0.15, 0.2) is 11.6 Å². The van der Waals surface area contributed by atoms with E-state index in [0.717, 1.165) is 5.92 Å². The maximum atomic E-state index is 4.33. The molecule has 1 aromatic heterocycles. The first-order chi connectivity index (χ1) is 7.59. The third-order valence-corrected chi connectivity index (χ3v) is 3.73. The van der Waals surface area contributed by atoms with Gasteiger partial charge in [0.05, 0.1) is 6.04 Å². The highest BCUT2D eigenvalue weighted by Crippen LogP contribution is 2.16. The van der Waals surface area contributed by atoms with Crippen molar-refractivity contribution in [2.45, 2.75) is 59.0 Å². The van der Waals surface area contributed by atoms with Crippen molar-refractivity contribution in [3.05, 3.63) is 16.6 Å². The molecule has 1 heterocycles. The van der Waals surface area contributed by atoms with Gasteiger partial charge in [-0.15, -0.1) is 11.3 Å². The molecule has 0 amide bonds. The first kappa shape index (κ1) is 13.7. The van der Waals surface area contributed by atoms with Crippen molar-refractivity contribution in [3.63, 3.8) is 0 Å². The van der Waals surface area contributed by atoms with Crippen LogP contribution < -0.4 is 5.32 Å². The molecule has 0 radical (unpaired) electrons. The Morgan fingerprint density at radius 1 is 1.25 bits per heavy atom. The quantitative estimate of drug-likeness (QED) is 0.779. The van der Waals surface area contributed by atoms with Crippen LogP contribution in [0.25, 0.3) is 0 Å². The van der Waals surface area contributed by atoms with E-state index in [2.05, 4.69) is 38.0 Å². The van der Waals surface area contributed by atoms with Gasteiger partial charge in [-0.05, 0) is 26.2 Å². The second-order valence-electron chi connectivity index (χ2n) is 4.98. The molecule has 0 aromatic carbocycles. The third-order valence-electron chi connectivity index (χ3n) is 2.77. The Morgan fingerprint density at radius 3 is 2.56 bits per heavy atom. The van der Waals surface area contributed by atoms with Gasteiger partial charge in [-0.3, -0.25) is 0 Å². The topological polar surface area (TPSA) is 24.9 Å². The minimum atomic E-state index is 0.383. The van der Waals surface area contributed by atoms with Crippen molar-refractivity contribution < 1.29 is 0 Å². The van der Waals surface area contributed by atoms with Crippen LogP contribution in [0, 0.1) is 5.92 Å². The molecule has 92 valence electrons. The highest BCUT2D eigenvalue weighted by atomic mass is 32.1. The average molecular weight is 240 g/mol. The summed E-state index contributed by atoms with van der Waals surface area (Å²) in [6, 6.07) is 0.965. The molecule has 2 atom stereocenters. The van der Waals surface area contributed by atoms with E-state index in [0.29, 0.717) is 12.1 Å². The number of hydrogen-bond donors (Lipinski definition) is 1. The first-order valence-electron chi connectivity index (χ1n) is 6.25. The zero-order valence-corrected chi connectivity index (χ0v) is 11.7. The van der Waals surface area contributed by atoms with E-state index in [1.54, 1.807) is 11.3 Å². The molecular formula is C13H24N2S. The Morgan fingerprint density at radius 2 is 2.00 bits per heavy atom. The van der Waals surface area contributed by atoms with E-state index in [1.807, 2.05) is 11.6 Å². The fourth-order valence-electron chi connectivity index (χ4n) is 1.86. The molecule has 3 heteroatoms. The van der Waals surface area contributed by atoms with E-state index in [-0.39, 0.29) is 0 Å². The molecule has 16 heavy (non-hydrogen) atoms. The highest BCUT2D eigenvalue weighted by Gasteiger charge is 2.11. The molecule has 0 aliphatic rings. The summed E-state index contributed by atoms with van der Waals surface area (Å²) >= 11 is 1.73. The van der Waals surface area contributed by atoms with Crippen molar-refractivity contribution in [1.82, 2.24) is 10.3 Å². The van der Waals surface area contributed by atoms with Gasteiger partial charge < -0.3 is 5.32 Å². The second-order valence-corrected chi connectivity index (χ2v) is 5.91.